The number of nitrogens with one attached hydrogen (secondary N) is 2. The Labute approximate surface area is 148 Å². The van der Waals surface area contributed by atoms with Crippen molar-refractivity contribution in [2.24, 2.45) is 11.1 Å². The second-order valence-corrected chi connectivity index (χ2v) is 6.00. The van der Waals surface area contributed by atoms with Gasteiger partial charge in [0.1, 0.15) is 6.04 Å². The van der Waals surface area contributed by atoms with Gasteiger partial charge < -0.3 is 21.1 Å². The van der Waals surface area contributed by atoms with E-state index in [4.69, 9.17) is 10.5 Å². The monoisotopic (exact) mass is 355 g/mol. The van der Waals surface area contributed by atoms with Crippen molar-refractivity contribution < 1.29 is 14.3 Å². The zero-order valence-electron chi connectivity index (χ0n) is 13.9. The summed E-state index contributed by atoms with van der Waals surface area (Å²) in [7, 11) is 0. The summed E-state index contributed by atoms with van der Waals surface area (Å²) >= 11 is 0. The first-order valence-electron chi connectivity index (χ1n) is 7.98. The first-order valence-corrected chi connectivity index (χ1v) is 7.98. The number of nitrogens with two attached hydrogens (primary N) is 1. The minimum atomic E-state index is -0.619. The van der Waals surface area contributed by atoms with Gasteiger partial charge in [0.15, 0.2) is 0 Å². The SMILES string of the molecule is CC(NC(=O)C1(CN)CCOCC1)C(=O)NCc1ccccc1.Cl. The topological polar surface area (TPSA) is 93.5 Å². The van der Waals surface area contributed by atoms with Crippen molar-refractivity contribution in [3.63, 3.8) is 0 Å². The molecule has 1 unspecified atom stereocenters. The number of rotatable bonds is 6. The number of halogens is 1. The fraction of sp³-hybridized carbons (Fsp3) is 0.529. The molecule has 2 amide bonds. The van der Waals surface area contributed by atoms with Crippen molar-refractivity contribution >= 4 is 24.2 Å². The molecule has 0 spiro atoms. The Morgan fingerprint density at radius 1 is 1.25 bits per heavy atom. The van der Waals surface area contributed by atoms with Crippen LogP contribution in [-0.2, 0) is 20.9 Å². The van der Waals surface area contributed by atoms with Crippen LogP contribution in [0.2, 0.25) is 0 Å². The molecule has 1 fully saturated rings. The Hall–Kier alpha value is -1.63. The van der Waals surface area contributed by atoms with Crippen LogP contribution in [0.25, 0.3) is 0 Å². The maximum absolute atomic E-state index is 12.5. The maximum atomic E-state index is 12.5. The van der Waals surface area contributed by atoms with Crippen molar-refractivity contribution in [2.75, 3.05) is 19.8 Å². The van der Waals surface area contributed by atoms with Crippen LogP contribution < -0.4 is 16.4 Å². The van der Waals surface area contributed by atoms with E-state index in [1.807, 2.05) is 30.3 Å². The molecule has 0 aromatic heterocycles. The van der Waals surface area contributed by atoms with E-state index in [1.165, 1.54) is 0 Å². The average Bonchev–Trinajstić information content (AvgIpc) is 2.60. The third kappa shape index (κ3) is 5.19. The zero-order chi connectivity index (χ0) is 16.7. The summed E-state index contributed by atoms with van der Waals surface area (Å²) < 4.78 is 5.30. The summed E-state index contributed by atoms with van der Waals surface area (Å²) in [6, 6.07) is 9.04. The standard InChI is InChI=1S/C17H25N3O3.ClH/c1-13(15(21)19-11-14-5-3-2-4-6-14)20-16(22)17(12-18)7-9-23-10-8-17;/h2-6,13H,7-12,18H2,1H3,(H,19,21)(H,20,22);1H. The molecular formula is C17H26ClN3O3. The van der Waals surface area contributed by atoms with E-state index < -0.39 is 11.5 Å². The van der Waals surface area contributed by atoms with Crippen molar-refractivity contribution in [2.45, 2.75) is 32.4 Å². The zero-order valence-corrected chi connectivity index (χ0v) is 14.7. The van der Waals surface area contributed by atoms with Gasteiger partial charge in [-0.3, -0.25) is 9.59 Å². The van der Waals surface area contributed by atoms with Crippen molar-refractivity contribution in [3.8, 4) is 0 Å². The minimum Gasteiger partial charge on any atom is -0.381 e. The second-order valence-electron chi connectivity index (χ2n) is 6.00. The Morgan fingerprint density at radius 3 is 2.46 bits per heavy atom. The first kappa shape index (κ1) is 20.4. The molecule has 0 aliphatic carbocycles. The van der Waals surface area contributed by atoms with Crippen molar-refractivity contribution in [3.05, 3.63) is 35.9 Å². The van der Waals surface area contributed by atoms with Crippen LogP contribution in [0.5, 0.6) is 0 Å². The van der Waals surface area contributed by atoms with E-state index in [-0.39, 0.29) is 30.8 Å². The van der Waals surface area contributed by atoms with Gasteiger partial charge in [-0.05, 0) is 25.3 Å². The highest BCUT2D eigenvalue weighted by Gasteiger charge is 2.39. The number of ether oxygens (including phenoxy) is 1. The van der Waals surface area contributed by atoms with Gasteiger partial charge in [-0.2, -0.15) is 0 Å². The predicted molar refractivity (Wildman–Crippen MR) is 94.7 cm³/mol. The predicted octanol–water partition coefficient (Wildman–Crippen LogP) is 0.985. The van der Waals surface area contributed by atoms with Crippen LogP contribution in [0.4, 0.5) is 0 Å². The highest BCUT2D eigenvalue weighted by Crippen LogP contribution is 2.29. The molecule has 1 saturated heterocycles. The molecule has 1 aromatic carbocycles. The quantitative estimate of drug-likeness (QED) is 0.709. The Kier molecular flexibility index (Phi) is 8.18. The van der Waals surface area contributed by atoms with Crippen molar-refractivity contribution in [1.82, 2.24) is 10.6 Å². The molecule has 1 heterocycles. The molecule has 0 bridgehead atoms. The van der Waals surface area contributed by atoms with Crippen LogP contribution in [-0.4, -0.2) is 37.6 Å². The molecular weight excluding hydrogens is 330 g/mol. The molecule has 2 rings (SSSR count). The number of carbonyl (C=O) groups is 2. The van der Waals surface area contributed by atoms with Gasteiger partial charge in [0, 0.05) is 26.3 Å². The lowest BCUT2D eigenvalue weighted by atomic mass is 9.79. The number of hydrogen-bond donors (Lipinski definition) is 3. The van der Waals surface area contributed by atoms with E-state index in [0.29, 0.717) is 32.6 Å². The fourth-order valence-corrected chi connectivity index (χ4v) is 2.64. The largest absolute Gasteiger partial charge is 0.381 e. The lowest BCUT2D eigenvalue weighted by molar-refractivity contribution is -0.139. The van der Waals surface area contributed by atoms with E-state index >= 15 is 0 Å². The molecule has 4 N–H and O–H groups in total. The summed E-state index contributed by atoms with van der Waals surface area (Å²) in [6.07, 6.45) is 1.18. The molecule has 24 heavy (non-hydrogen) atoms. The third-order valence-corrected chi connectivity index (χ3v) is 4.37. The van der Waals surface area contributed by atoms with E-state index in [0.717, 1.165) is 5.56 Å². The summed E-state index contributed by atoms with van der Waals surface area (Å²) in [5, 5.41) is 5.62. The average molecular weight is 356 g/mol. The number of carbonyl (C=O) groups excluding carboxylic acids is 2. The summed E-state index contributed by atoms with van der Waals surface area (Å²) in [5.74, 6) is -0.368. The van der Waals surface area contributed by atoms with E-state index in [1.54, 1.807) is 6.92 Å². The van der Waals surface area contributed by atoms with Crippen LogP contribution in [0.15, 0.2) is 30.3 Å². The van der Waals surface area contributed by atoms with Gasteiger partial charge in [-0.15, -0.1) is 12.4 Å². The molecule has 1 aromatic rings. The summed E-state index contributed by atoms with van der Waals surface area (Å²) in [4.78, 5) is 24.7. The minimum absolute atomic E-state index is 0. The normalized spacial score (nSPS) is 17.2. The smallest absolute Gasteiger partial charge is 0.242 e. The van der Waals surface area contributed by atoms with Gasteiger partial charge >= 0.3 is 0 Å². The number of amides is 2. The van der Waals surface area contributed by atoms with Crippen LogP contribution in [0.3, 0.4) is 0 Å². The molecule has 1 aliphatic heterocycles. The van der Waals surface area contributed by atoms with Gasteiger partial charge in [-0.1, -0.05) is 30.3 Å². The molecule has 0 radical (unpaired) electrons. The molecule has 6 nitrogen and oxygen atoms in total. The summed E-state index contributed by atoms with van der Waals surface area (Å²) in [5.41, 5.74) is 6.21. The van der Waals surface area contributed by atoms with Crippen LogP contribution in [0, 0.1) is 5.41 Å². The maximum Gasteiger partial charge on any atom is 0.242 e. The second kappa shape index (κ2) is 9.61. The highest BCUT2D eigenvalue weighted by molar-refractivity contribution is 5.90. The lowest BCUT2D eigenvalue weighted by Gasteiger charge is -2.35. The molecule has 7 heteroatoms. The van der Waals surface area contributed by atoms with Gasteiger partial charge in [0.05, 0.1) is 5.41 Å². The van der Waals surface area contributed by atoms with E-state index in [9.17, 15) is 9.59 Å². The first-order chi connectivity index (χ1) is 11.1. The van der Waals surface area contributed by atoms with E-state index in [2.05, 4.69) is 10.6 Å². The van der Waals surface area contributed by atoms with Gasteiger partial charge in [0.25, 0.3) is 0 Å². The van der Waals surface area contributed by atoms with Crippen molar-refractivity contribution in [1.29, 1.82) is 0 Å². The Bertz CT molecular complexity index is 533. The molecule has 1 atom stereocenters. The van der Waals surface area contributed by atoms with Crippen LogP contribution in [0.1, 0.15) is 25.3 Å². The van der Waals surface area contributed by atoms with Gasteiger partial charge in [0.2, 0.25) is 11.8 Å². The number of benzene rings is 1. The van der Waals surface area contributed by atoms with Crippen LogP contribution >= 0.6 is 12.4 Å². The number of hydrogen-bond acceptors (Lipinski definition) is 4. The molecule has 0 saturated carbocycles. The Balaban J connectivity index is 0.00000288. The van der Waals surface area contributed by atoms with Gasteiger partial charge in [-0.25, -0.2) is 0 Å². The highest BCUT2D eigenvalue weighted by atomic mass is 35.5. The molecule has 1 aliphatic rings. The fourth-order valence-electron chi connectivity index (χ4n) is 2.64. The third-order valence-electron chi connectivity index (χ3n) is 4.37. The summed E-state index contributed by atoms with van der Waals surface area (Å²) in [6.45, 7) is 3.44. The lowest BCUT2D eigenvalue weighted by Crippen LogP contribution is -2.54. The molecule has 134 valence electrons. The Morgan fingerprint density at radius 2 is 1.88 bits per heavy atom.